The summed E-state index contributed by atoms with van der Waals surface area (Å²) in [5, 5.41) is 14.0. The van der Waals surface area contributed by atoms with E-state index in [4.69, 9.17) is 9.47 Å². The van der Waals surface area contributed by atoms with Crippen LogP contribution in [-0.4, -0.2) is 26.4 Å². The van der Waals surface area contributed by atoms with Crippen LogP contribution in [0, 0.1) is 0 Å². The second kappa shape index (κ2) is 5.82. The predicted octanol–water partition coefficient (Wildman–Crippen LogP) is 4.13. The van der Waals surface area contributed by atoms with Crippen molar-refractivity contribution in [3.05, 3.63) is 58.0 Å². The lowest BCUT2D eigenvalue weighted by Gasteiger charge is -2.24. The number of rotatable bonds is 2. The van der Waals surface area contributed by atoms with Crippen LogP contribution in [0.2, 0.25) is 0 Å². The molecule has 6 nitrogen and oxygen atoms in total. The molecule has 0 aliphatic carbocycles. The van der Waals surface area contributed by atoms with Crippen molar-refractivity contribution in [3.63, 3.8) is 0 Å². The van der Waals surface area contributed by atoms with Gasteiger partial charge < -0.3 is 9.47 Å². The second-order valence-electron chi connectivity index (χ2n) is 5.53. The summed E-state index contributed by atoms with van der Waals surface area (Å²) in [7, 11) is 0. The van der Waals surface area contributed by atoms with Crippen LogP contribution in [0.5, 0.6) is 11.5 Å². The first-order valence-corrected chi connectivity index (χ1v) is 9.25. The van der Waals surface area contributed by atoms with Crippen LogP contribution < -0.4 is 9.47 Å². The van der Waals surface area contributed by atoms with Crippen LogP contribution in [0.25, 0.3) is 16.3 Å². The molecule has 2 aromatic carbocycles. The molecule has 0 fully saturated rings. The van der Waals surface area contributed by atoms with Gasteiger partial charge in [-0.1, -0.05) is 51.5 Å². The van der Waals surface area contributed by atoms with E-state index in [2.05, 4.69) is 31.2 Å². The van der Waals surface area contributed by atoms with E-state index in [0.717, 1.165) is 31.5 Å². The fourth-order valence-electron chi connectivity index (χ4n) is 2.68. The van der Waals surface area contributed by atoms with Gasteiger partial charge in [0.25, 0.3) is 0 Å². The number of hydrogen-bond donors (Lipinski definition) is 0. The van der Waals surface area contributed by atoms with Crippen molar-refractivity contribution in [2.45, 2.75) is 6.10 Å². The molecule has 0 N–H and O–H groups in total. The van der Waals surface area contributed by atoms with E-state index in [-0.39, 0.29) is 6.10 Å². The third kappa shape index (κ3) is 2.58. The highest BCUT2D eigenvalue weighted by atomic mass is 79.9. The number of fused-ring (bicyclic) bond motifs is 2. The number of halogens is 1. The van der Waals surface area contributed by atoms with Gasteiger partial charge in [-0.2, -0.15) is 9.61 Å². The molecule has 0 radical (unpaired) electrons. The van der Waals surface area contributed by atoms with Crippen molar-refractivity contribution in [1.82, 2.24) is 19.8 Å². The van der Waals surface area contributed by atoms with Crippen molar-refractivity contribution in [3.8, 4) is 22.9 Å². The van der Waals surface area contributed by atoms with Gasteiger partial charge in [0.15, 0.2) is 28.4 Å². The number of nitrogens with zero attached hydrogens (tertiary/aromatic N) is 4. The number of hydrogen-bond acceptors (Lipinski definition) is 6. The van der Waals surface area contributed by atoms with Crippen LogP contribution in [-0.2, 0) is 0 Å². The van der Waals surface area contributed by atoms with E-state index >= 15 is 0 Å². The number of para-hydroxylation sites is 2. The average molecular weight is 415 g/mol. The largest absolute Gasteiger partial charge is 0.485 e. The maximum Gasteiger partial charge on any atom is 0.235 e. The molecule has 0 bridgehead atoms. The van der Waals surface area contributed by atoms with Crippen LogP contribution in [0.15, 0.2) is 53.0 Å². The minimum absolute atomic E-state index is 0.251. The fourth-order valence-corrected chi connectivity index (χ4v) is 3.80. The Morgan fingerprint density at radius 2 is 1.84 bits per heavy atom. The van der Waals surface area contributed by atoms with E-state index in [1.807, 2.05) is 48.5 Å². The monoisotopic (exact) mass is 414 g/mol. The van der Waals surface area contributed by atoms with Gasteiger partial charge >= 0.3 is 0 Å². The minimum Gasteiger partial charge on any atom is -0.485 e. The van der Waals surface area contributed by atoms with E-state index < -0.39 is 0 Å². The van der Waals surface area contributed by atoms with Crippen LogP contribution in [0.1, 0.15) is 11.1 Å². The van der Waals surface area contributed by atoms with Gasteiger partial charge in [0.2, 0.25) is 4.96 Å². The van der Waals surface area contributed by atoms with Gasteiger partial charge in [-0.05, 0) is 24.3 Å². The minimum atomic E-state index is -0.251. The summed E-state index contributed by atoms with van der Waals surface area (Å²) in [6.07, 6.45) is -0.251. The lowest BCUT2D eigenvalue weighted by atomic mass is 10.2. The van der Waals surface area contributed by atoms with Crippen molar-refractivity contribution in [2.75, 3.05) is 6.61 Å². The molecule has 0 amide bonds. The topological polar surface area (TPSA) is 61.5 Å². The second-order valence-corrected chi connectivity index (χ2v) is 7.43. The summed E-state index contributed by atoms with van der Waals surface area (Å²) in [5.41, 5.74) is 0.957. The molecular formula is C17H11BrN4O2S. The molecule has 2 aromatic heterocycles. The van der Waals surface area contributed by atoms with Gasteiger partial charge in [0, 0.05) is 10.0 Å². The Balaban J connectivity index is 1.51. The highest BCUT2D eigenvalue weighted by Crippen LogP contribution is 2.37. The summed E-state index contributed by atoms with van der Waals surface area (Å²) in [6, 6.07) is 15.6. The first-order valence-electron chi connectivity index (χ1n) is 7.64. The normalized spacial score (nSPS) is 16.3. The SMILES string of the molecule is Brc1ccc(-c2nnc3sc([C@@H]4COc5ccccc5O4)nn23)cc1. The zero-order chi connectivity index (χ0) is 16.8. The predicted molar refractivity (Wildman–Crippen MR) is 97.1 cm³/mol. The molecule has 25 heavy (non-hydrogen) atoms. The maximum atomic E-state index is 6.03. The van der Waals surface area contributed by atoms with Crippen molar-refractivity contribution < 1.29 is 9.47 Å². The Hall–Kier alpha value is -2.45. The quantitative estimate of drug-likeness (QED) is 0.493. The highest BCUT2D eigenvalue weighted by molar-refractivity contribution is 9.10. The fraction of sp³-hybridized carbons (Fsp3) is 0.118. The maximum absolute atomic E-state index is 6.03. The highest BCUT2D eigenvalue weighted by Gasteiger charge is 2.27. The molecule has 0 unspecified atom stereocenters. The first-order chi connectivity index (χ1) is 12.3. The Kier molecular flexibility index (Phi) is 3.46. The summed E-state index contributed by atoms with van der Waals surface area (Å²) >= 11 is 4.90. The van der Waals surface area contributed by atoms with Crippen molar-refractivity contribution in [1.29, 1.82) is 0 Å². The molecule has 3 heterocycles. The summed E-state index contributed by atoms with van der Waals surface area (Å²) in [6.45, 7) is 0.425. The van der Waals surface area contributed by atoms with Crippen molar-refractivity contribution >= 4 is 32.2 Å². The van der Waals surface area contributed by atoms with Gasteiger partial charge in [-0.25, -0.2) is 0 Å². The molecule has 0 saturated heterocycles. The molecule has 124 valence electrons. The molecule has 0 spiro atoms. The molecule has 4 aromatic rings. The molecule has 1 aliphatic heterocycles. The van der Waals surface area contributed by atoms with Crippen LogP contribution in [0.4, 0.5) is 0 Å². The Morgan fingerprint density at radius 1 is 1.04 bits per heavy atom. The third-order valence-corrected chi connectivity index (χ3v) is 5.41. The summed E-state index contributed by atoms with van der Waals surface area (Å²) in [4.78, 5) is 0.732. The van der Waals surface area contributed by atoms with Crippen molar-refractivity contribution in [2.24, 2.45) is 0 Å². The number of benzene rings is 2. The number of aromatic nitrogens is 4. The third-order valence-electron chi connectivity index (χ3n) is 3.89. The number of ether oxygens (including phenoxy) is 2. The molecule has 0 saturated carbocycles. The Bertz CT molecular complexity index is 1060. The lowest BCUT2D eigenvalue weighted by molar-refractivity contribution is 0.0904. The summed E-state index contributed by atoms with van der Waals surface area (Å²) in [5.74, 6) is 2.21. The van der Waals surface area contributed by atoms with E-state index in [9.17, 15) is 0 Å². The first kappa shape index (κ1) is 14.9. The lowest BCUT2D eigenvalue weighted by Crippen LogP contribution is -2.21. The average Bonchev–Trinajstić information content (AvgIpc) is 3.23. The molecule has 1 atom stereocenters. The molecular weight excluding hydrogens is 404 g/mol. The zero-order valence-corrected chi connectivity index (χ0v) is 15.2. The van der Waals surface area contributed by atoms with E-state index in [1.54, 1.807) is 4.52 Å². The van der Waals surface area contributed by atoms with E-state index in [1.165, 1.54) is 11.3 Å². The Morgan fingerprint density at radius 3 is 2.68 bits per heavy atom. The molecule has 5 rings (SSSR count). The van der Waals surface area contributed by atoms with E-state index in [0.29, 0.717) is 12.4 Å². The van der Waals surface area contributed by atoms with Gasteiger partial charge in [-0.15, -0.1) is 10.2 Å². The molecule has 8 heteroatoms. The van der Waals surface area contributed by atoms with Gasteiger partial charge in [-0.3, -0.25) is 0 Å². The summed E-state index contributed by atoms with van der Waals surface area (Å²) < 4.78 is 14.6. The Labute approximate surface area is 155 Å². The van der Waals surface area contributed by atoms with Gasteiger partial charge in [0.1, 0.15) is 6.61 Å². The standard InChI is InChI=1S/C17H11BrN4O2S/c18-11-7-5-10(6-8-11)15-19-20-17-22(15)21-16(25-17)14-9-23-12-3-1-2-4-13(12)24-14/h1-8,14H,9H2/t14-/m0/s1. The smallest absolute Gasteiger partial charge is 0.235 e. The molecule has 1 aliphatic rings. The van der Waals surface area contributed by atoms with Crippen LogP contribution >= 0.6 is 27.3 Å². The van der Waals surface area contributed by atoms with Crippen LogP contribution in [0.3, 0.4) is 0 Å². The zero-order valence-electron chi connectivity index (χ0n) is 12.8. The van der Waals surface area contributed by atoms with Gasteiger partial charge in [0.05, 0.1) is 0 Å².